The number of benzene rings is 9. The fraction of sp³-hybridized carbons (Fsp3) is 0. The van der Waals surface area contributed by atoms with Crippen molar-refractivity contribution < 1.29 is 4.39 Å². The number of halogens is 1. The van der Waals surface area contributed by atoms with Crippen LogP contribution in [0.5, 0.6) is 0 Å². The highest BCUT2D eigenvalue weighted by molar-refractivity contribution is 7.26. The number of hydrogen-bond donors (Lipinski definition) is 0. The lowest BCUT2D eigenvalue weighted by Gasteiger charge is -2.26. The zero-order valence-electron chi connectivity index (χ0n) is 27.6. The molecule has 0 aliphatic heterocycles. The van der Waals surface area contributed by atoms with Gasteiger partial charge in [0.25, 0.3) is 0 Å². The van der Waals surface area contributed by atoms with Crippen LogP contribution < -0.4 is 4.90 Å². The summed E-state index contributed by atoms with van der Waals surface area (Å²) < 4.78 is 16.3. The number of rotatable bonds is 5. The van der Waals surface area contributed by atoms with Crippen molar-refractivity contribution in [1.82, 2.24) is 0 Å². The van der Waals surface area contributed by atoms with Crippen LogP contribution in [0, 0.1) is 5.82 Å². The third-order valence-corrected chi connectivity index (χ3v) is 11.2. The smallest absolute Gasteiger partial charge is 0.123 e. The van der Waals surface area contributed by atoms with Gasteiger partial charge in [-0.3, -0.25) is 0 Å². The first kappa shape index (κ1) is 29.6. The highest BCUT2D eigenvalue weighted by atomic mass is 32.1. The second kappa shape index (κ2) is 11.9. The summed E-state index contributed by atoms with van der Waals surface area (Å²) in [5, 5.41) is 10.0. The van der Waals surface area contributed by atoms with Gasteiger partial charge < -0.3 is 4.90 Å². The van der Waals surface area contributed by atoms with Crippen molar-refractivity contribution in [3.05, 3.63) is 188 Å². The molecule has 0 N–H and O–H groups in total. The molecule has 1 aromatic heterocycles. The Balaban J connectivity index is 1.18. The SMILES string of the molecule is Fc1ccc(-c2ccc(N(c3cccc(-c4cc5ccccc5c5sc6cc7ccccc7cc6c45)c3)c3ccc4ccccc4c3)cc2)cc1. The number of fused-ring (bicyclic) bond motifs is 7. The van der Waals surface area contributed by atoms with Gasteiger partial charge in [0, 0.05) is 37.2 Å². The van der Waals surface area contributed by atoms with Crippen molar-refractivity contribution in [3.63, 3.8) is 0 Å². The molecule has 1 heterocycles. The van der Waals surface area contributed by atoms with Crippen molar-refractivity contribution in [2.75, 3.05) is 4.90 Å². The standard InChI is InChI=1S/C48H30FNS/c49-39-21-16-32(17-22-39)33-18-23-40(24-19-33)50(42-25-20-31-8-1-2-9-34(31)26-42)41-14-7-13-37(27-41)44-29-38-12-5-6-15-43(38)48-47(44)45-28-35-10-3-4-11-36(35)30-46(45)51-48/h1-30H. The molecular weight excluding hydrogens is 642 g/mol. The summed E-state index contributed by atoms with van der Waals surface area (Å²) in [4.78, 5) is 2.34. The predicted molar refractivity (Wildman–Crippen MR) is 217 cm³/mol. The molecule has 10 rings (SSSR count). The number of thiophene rings is 1. The minimum atomic E-state index is -0.231. The average Bonchev–Trinajstić information content (AvgIpc) is 3.56. The first-order valence-electron chi connectivity index (χ1n) is 17.2. The molecule has 0 atom stereocenters. The van der Waals surface area contributed by atoms with Gasteiger partial charge in [-0.15, -0.1) is 11.3 Å². The van der Waals surface area contributed by atoms with E-state index in [0.717, 1.165) is 28.2 Å². The van der Waals surface area contributed by atoms with Crippen LogP contribution in [0.25, 0.3) is 74.7 Å². The Morgan fingerprint density at radius 2 is 1.00 bits per heavy atom. The zero-order chi connectivity index (χ0) is 33.9. The van der Waals surface area contributed by atoms with Crippen LogP contribution in [0.4, 0.5) is 21.5 Å². The fourth-order valence-electron chi connectivity index (χ4n) is 7.55. The largest absolute Gasteiger partial charge is 0.310 e. The van der Waals surface area contributed by atoms with E-state index < -0.39 is 0 Å². The topological polar surface area (TPSA) is 3.24 Å². The van der Waals surface area contributed by atoms with E-state index in [9.17, 15) is 4.39 Å². The van der Waals surface area contributed by atoms with E-state index in [1.807, 2.05) is 23.5 Å². The molecule has 0 bridgehead atoms. The van der Waals surface area contributed by atoms with Gasteiger partial charge in [0.1, 0.15) is 5.82 Å². The first-order chi connectivity index (χ1) is 25.2. The fourth-order valence-corrected chi connectivity index (χ4v) is 8.84. The number of anilines is 3. The maximum Gasteiger partial charge on any atom is 0.123 e. The molecule has 0 fully saturated rings. The van der Waals surface area contributed by atoms with Crippen LogP contribution in [-0.4, -0.2) is 0 Å². The van der Waals surface area contributed by atoms with Gasteiger partial charge in [-0.25, -0.2) is 4.39 Å². The Labute approximate surface area is 299 Å². The van der Waals surface area contributed by atoms with Crippen LogP contribution in [0.3, 0.4) is 0 Å². The molecule has 0 aliphatic carbocycles. The molecule has 0 radical (unpaired) electrons. The van der Waals surface area contributed by atoms with Gasteiger partial charge in [0.05, 0.1) is 0 Å². The molecule has 0 saturated heterocycles. The molecule has 0 aliphatic rings. The number of nitrogens with zero attached hydrogens (tertiary/aromatic N) is 1. The molecule has 0 saturated carbocycles. The van der Waals surface area contributed by atoms with Crippen molar-refractivity contribution in [2.45, 2.75) is 0 Å². The van der Waals surface area contributed by atoms with Gasteiger partial charge in [-0.1, -0.05) is 115 Å². The maximum absolute atomic E-state index is 13.7. The summed E-state index contributed by atoms with van der Waals surface area (Å²) >= 11 is 1.89. The van der Waals surface area contributed by atoms with Crippen molar-refractivity contribution in [1.29, 1.82) is 0 Å². The summed E-state index contributed by atoms with van der Waals surface area (Å²) in [5.41, 5.74) is 7.63. The van der Waals surface area contributed by atoms with Gasteiger partial charge in [0.2, 0.25) is 0 Å². The van der Waals surface area contributed by atoms with E-state index in [4.69, 9.17) is 0 Å². The lowest BCUT2D eigenvalue weighted by Crippen LogP contribution is -2.10. The Morgan fingerprint density at radius 3 is 1.76 bits per heavy atom. The van der Waals surface area contributed by atoms with Crippen LogP contribution in [0.1, 0.15) is 0 Å². The van der Waals surface area contributed by atoms with E-state index in [1.165, 1.54) is 75.7 Å². The lowest BCUT2D eigenvalue weighted by atomic mass is 9.94. The maximum atomic E-state index is 13.7. The van der Waals surface area contributed by atoms with Gasteiger partial charge in [-0.2, -0.15) is 0 Å². The summed E-state index contributed by atoms with van der Waals surface area (Å²) in [7, 11) is 0. The summed E-state index contributed by atoms with van der Waals surface area (Å²) in [6, 6.07) is 63.9. The van der Waals surface area contributed by atoms with Crippen molar-refractivity contribution in [3.8, 4) is 22.3 Å². The van der Waals surface area contributed by atoms with Crippen LogP contribution in [0.15, 0.2) is 182 Å². The van der Waals surface area contributed by atoms with Crippen molar-refractivity contribution >= 4 is 80.9 Å². The second-order valence-electron chi connectivity index (χ2n) is 13.1. The van der Waals surface area contributed by atoms with Crippen LogP contribution in [0.2, 0.25) is 0 Å². The molecule has 1 nitrogen and oxygen atoms in total. The lowest BCUT2D eigenvalue weighted by molar-refractivity contribution is 0.628. The quantitative estimate of drug-likeness (QED) is 0.176. The molecular formula is C48H30FNS. The molecule has 240 valence electrons. The Kier molecular flexibility index (Phi) is 6.93. The molecule has 51 heavy (non-hydrogen) atoms. The third-order valence-electron chi connectivity index (χ3n) is 10.0. The molecule has 0 amide bonds. The predicted octanol–water partition coefficient (Wildman–Crippen LogP) is 14.5. The van der Waals surface area contributed by atoms with E-state index in [2.05, 4.69) is 163 Å². The Bertz CT molecular complexity index is 2920. The summed E-state index contributed by atoms with van der Waals surface area (Å²) in [5.74, 6) is -0.231. The van der Waals surface area contributed by atoms with Gasteiger partial charge in [-0.05, 0) is 121 Å². The summed E-state index contributed by atoms with van der Waals surface area (Å²) in [6.07, 6.45) is 0. The van der Waals surface area contributed by atoms with Crippen LogP contribution in [-0.2, 0) is 0 Å². The van der Waals surface area contributed by atoms with E-state index in [0.29, 0.717) is 0 Å². The molecule has 10 aromatic rings. The van der Waals surface area contributed by atoms with Gasteiger partial charge in [0.15, 0.2) is 0 Å². The molecule has 9 aromatic carbocycles. The van der Waals surface area contributed by atoms with Gasteiger partial charge >= 0.3 is 0 Å². The van der Waals surface area contributed by atoms with E-state index >= 15 is 0 Å². The monoisotopic (exact) mass is 671 g/mol. The highest BCUT2D eigenvalue weighted by Crippen LogP contribution is 2.46. The molecule has 0 spiro atoms. The highest BCUT2D eigenvalue weighted by Gasteiger charge is 2.18. The third kappa shape index (κ3) is 5.13. The number of hydrogen-bond acceptors (Lipinski definition) is 2. The zero-order valence-corrected chi connectivity index (χ0v) is 28.4. The second-order valence-corrected chi connectivity index (χ2v) is 14.2. The average molecular weight is 672 g/mol. The van der Waals surface area contributed by atoms with Crippen LogP contribution >= 0.6 is 11.3 Å². The van der Waals surface area contributed by atoms with Crippen molar-refractivity contribution in [2.24, 2.45) is 0 Å². The Hall–Kier alpha value is -6.29. The minimum absolute atomic E-state index is 0.231. The van der Waals surface area contributed by atoms with E-state index in [1.54, 1.807) is 0 Å². The Morgan fingerprint density at radius 1 is 0.392 bits per heavy atom. The normalized spacial score (nSPS) is 11.6. The van der Waals surface area contributed by atoms with E-state index in [-0.39, 0.29) is 5.82 Å². The minimum Gasteiger partial charge on any atom is -0.310 e. The summed E-state index contributed by atoms with van der Waals surface area (Å²) in [6.45, 7) is 0. The first-order valence-corrected chi connectivity index (χ1v) is 18.0. The molecule has 3 heteroatoms. The molecule has 0 unspecified atom stereocenters.